The van der Waals surface area contributed by atoms with Crippen molar-refractivity contribution in [3.05, 3.63) is 30.1 Å². The summed E-state index contributed by atoms with van der Waals surface area (Å²) in [5.74, 6) is -0.291. The molecule has 0 N–H and O–H groups in total. The standard InChI is InChI=1S/C7H7FOP/c1-10(9)7-4-2-6(8)3-5-7/h2-5H,1H3/q+1. The maximum atomic E-state index is 12.3. The van der Waals surface area contributed by atoms with E-state index in [0.717, 1.165) is 0 Å². The summed E-state index contributed by atoms with van der Waals surface area (Å²) < 4.78 is 23.0. The van der Waals surface area contributed by atoms with Crippen LogP contribution in [0.3, 0.4) is 0 Å². The molecular weight excluding hydrogens is 150 g/mol. The van der Waals surface area contributed by atoms with Gasteiger partial charge >= 0.3 is 7.80 Å². The molecule has 0 bridgehead atoms. The van der Waals surface area contributed by atoms with Gasteiger partial charge in [0.25, 0.3) is 0 Å². The van der Waals surface area contributed by atoms with Crippen molar-refractivity contribution in [2.75, 3.05) is 6.66 Å². The first-order valence-corrected chi connectivity index (χ1v) is 4.57. The van der Waals surface area contributed by atoms with Gasteiger partial charge in [-0.2, -0.15) is 0 Å². The van der Waals surface area contributed by atoms with Crippen molar-refractivity contribution < 1.29 is 8.96 Å². The second-order valence-electron chi connectivity index (χ2n) is 1.97. The lowest BCUT2D eigenvalue weighted by Gasteiger charge is -1.83. The monoisotopic (exact) mass is 157 g/mol. The zero-order valence-corrected chi connectivity index (χ0v) is 6.44. The van der Waals surface area contributed by atoms with Crippen LogP contribution in [0.5, 0.6) is 0 Å². The highest BCUT2D eigenvalue weighted by molar-refractivity contribution is 7.52. The Morgan fingerprint density at radius 3 is 2.20 bits per heavy atom. The van der Waals surface area contributed by atoms with Gasteiger partial charge in [0.15, 0.2) is 5.30 Å². The first-order chi connectivity index (χ1) is 4.70. The smallest absolute Gasteiger partial charge is 0.207 e. The molecule has 0 saturated carbocycles. The van der Waals surface area contributed by atoms with Crippen LogP contribution in [0.4, 0.5) is 4.39 Å². The van der Waals surface area contributed by atoms with E-state index in [0.29, 0.717) is 5.30 Å². The van der Waals surface area contributed by atoms with Gasteiger partial charge in [-0.05, 0) is 24.3 Å². The van der Waals surface area contributed by atoms with Crippen molar-refractivity contribution in [2.24, 2.45) is 0 Å². The molecule has 0 saturated heterocycles. The zero-order chi connectivity index (χ0) is 7.56. The summed E-state index contributed by atoms with van der Waals surface area (Å²) in [6.07, 6.45) is 0. The number of hydrogen-bond acceptors (Lipinski definition) is 1. The maximum absolute atomic E-state index is 12.3. The van der Waals surface area contributed by atoms with Crippen molar-refractivity contribution in [1.29, 1.82) is 0 Å². The van der Waals surface area contributed by atoms with Crippen LogP contribution < -0.4 is 5.30 Å². The molecular formula is C7H7FOP+. The molecule has 0 spiro atoms. The minimum absolute atomic E-state index is 0.291. The van der Waals surface area contributed by atoms with Crippen molar-refractivity contribution in [1.82, 2.24) is 0 Å². The lowest BCUT2D eigenvalue weighted by Crippen LogP contribution is -1.93. The molecule has 1 unspecified atom stereocenters. The molecule has 0 aromatic heterocycles. The second kappa shape index (κ2) is 2.89. The van der Waals surface area contributed by atoms with Crippen LogP contribution in [-0.2, 0) is 4.57 Å². The van der Waals surface area contributed by atoms with Crippen molar-refractivity contribution >= 4 is 13.1 Å². The fourth-order valence-corrected chi connectivity index (χ4v) is 1.22. The molecule has 0 aliphatic carbocycles. The Balaban J connectivity index is 3.00. The molecule has 0 fully saturated rings. The molecule has 0 heterocycles. The minimum Gasteiger partial charge on any atom is -0.207 e. The highest BCUT2D eigenvalue weighted by Crippen LogP contribution is 2.12. The summed E-state index contributed by atoms with van der Waals surface area (Å²) in [6.45, 7) is 1.60. The van der Waals surface area contributed by atoms with Crippen molar-refractivity contribution in [3.63, 3.8) is 0 Å². The first kappa shape index (κ1) is 7.36. The van der Waals surface area contributed by atoms with Crippen LogP contribution in [0, 0.1) is 5.82 Å². The predicted octanol–water partition coefficient (Wildman–Crippen LogP) is 1.91. The van der Waals surface area contributed by atoms with Crippen LogP contribution in [0.15, 0.2) is 24.3 Å². The fraction of sp³-hybridized carbons (Fsp3) is 0.143. The third-order valence-corrected chi connectivity index (χ3v) is 2.22. The summed E-state index contributed by atoms with van der Waals surface area (Å²) in [5.41, 5.74) is 0. The zero-order valence-electron chi connectivity index (χ0n) is 5.54. The van der Waals surface area contributed by atoms with Gasteiger partial charge in [0.1, 0.15) is 12.5 Å². The van der Waals surface area contributed by atoms with Crippen LogP contribution in [0.1, 0.15) is 0 Å². The number of benzene rings is 1. The molecule has 0 radical (unpaired) electrons. The Labute approximate surface area is 59.7 Å². The normalized spacial score (nSPS) is 11.2. The van der Waals surface area contributed by atoms with E-state index in [4.69, 9.17) is 0 Å². The molecule has 1 atom stereocenters. The number of hydrogen-bond donors (Lipinski definition) is 0. The summed E-state index contributed by atoms with van der Waals surface area (Å²) in [4.78, 5) is 0. The molecule has 0 amide bonds. The van der Waals surface area contributed by atoms with E-state index < -0.39 is 7.80 Å². The van der Waals surface area contributed by atoms with E-state index in [2.05, 4.69) is 0 Å². The van der Waals surface area contributed by atoms with E-state index >= 15 is 0 Å². The third kappa shape index (κ3) is 1.61. The second-order valence-corrected chi connectivity index (χ2v) is 3.49. The van der Waals surface area contributed by atoms with Crippen molar-refractivity contribution in [2.45, 2.75) is 0 Å². The Hall–Kier alpha value is -0.750. The highest BCUT2D eigenvalue weighted by atomic mass is 31.1. The van der Waals surface area contributed by atoms with Crippen LogP contribution >= 0.6 is 7.80 Å². The summed E-state index contributed by atoms with van der Waals surface area (Å²) in [6, 6.07) is 5.69. The Morgan fingerprint density at radius 2 is 1.80 bits per heavy atom. The van der Waals surface area contributed by atoms with Crippen LogP contribution in [-0.4, -0.2) is 6.66 Å². The molecule has 1 rings (SSSR count). The van der Waals surface area contributed by atoms with E-state index in [-0.39, 0.29) is 5.82 Å². The summed E-state index contributed by atoms with van der Waals surface area (Å²) in [5, 5.41) is 0.691. The topological polar surface area (TPSA) is 17.1 Å². The largest absolute Gasteiger partial charge is 0.373 e. The number of halogens is 1. The van der Waals surface area contributed by atoms with Gasteiger partial charge in [0.2, 0.25) is 0 Å². The summed E-state index contributed by atoms with van der Waals surface area (Å²) in [7, 11) is -1.32. The molecule has 1 aromatic rings. The Kier molecular flexibility index (Phi) is 2.13. The minimum atomic E-state index is -1.32. The lowest BCUT2D eigenvalue weighted by molar-refractivity contribution is 0.596. The van der Waals surface area contributed by atoms with Crippen LogP contribution in [0.25, 0.3) is 0 Å². The van der Waals surface area contributed by atoms with Gasteiger partial charge in [-0.3, -0.25) is 0 Å². The van der Waals surface area contributed by atoms with Gasteiger partial charge in [-0.25, -0.2) is 4.39 Å². The summed E-state index contributed by atoms with van der Waals surface area (Å²) >= 11 is 0. The molecule has 0 aliphatic rings. The fourth-order valence-electron chi connectivity index (χ4n) is 0.651. The van der Waals surface area contributed by atoms with Gasteiger partial charge in [-0.15, -0.1) is 0 Å². The maximum Gasteiger partial charge on any atom is 0.373 e. The predicted molar refractivity (Wildman–Crippen MR) is 39.6 cm³/mol. The van der Waals surface area contributed by atoms with Crippen molar-refractivity contribution in [3.8, 4) is 0 Å². The van der Waals surface area contributed by atoms with Crippen LogP contribution in [0.2, 0.25) is 0 Å². The van der Waals surface area contributed by atoms with Gasteiger partial charge in [-0.1, -0.05) is 4.57 Å². The first-order valence-electron chi connectivity index (χ1n) is 2.86. The number of rotatable bonds is 1. The third-order valence-electron chi connectivity index (χ3n) is 1.19. The molecule has 1 nitrogen and oxygen atoms in total. The van der Waals surface area contributed by atoms with E-state index in [1.54, 1.807) is 6.66 Å². The Morgan fingerprint density at radius 1 is 1.30 bits per heavy atom. The molecule has 10 heavy (non-hydrogen) atoms. The van der Waals surface area contributed by atoms with E-state index in [1.165, 1.54) is 24.3 Å². The van der Waals surface area contributed by atoms with E-state index in [9.17, 15) is 8.96 Å². The average Bonchev–Trinajstić information content (AvgIpc) is 1.88. The van der Waals surface area contributed by atoms with Gasteiger partial charge in [0.05, 0.1) is 0 Å². The van der Waals surface area contributed by atoms with E-state index in [1.807, 2.05) is 0 Å². The lowest BCUT2D eigenvalue weighted by atomic mass is 10.4. The Bertz CT molecular complexity index is 242. The SMILES string of the molecule is C[P+](=O)c1ccc(F)cc1. The quantitative estimate of drug-likeness (QED) is 0.569. The van der Waals surface area contributed by atoms with Gasteiger partial charge in [0, 0.05) is 0 Å². The highest BCUT2D eigenvalue weighted by Gasteiger charge is 2.09. The molecule has 52 valence electrons. The average molecular weight is 157 g/mol. The molecule has 3 heteroatoms. The van der Waals surface area contributed by atoms with Gasteiger partial charge < -0.3 is 0 Å². The molecule has 1 aromatic carbocycles. The molecule has 0 aliphatic heterocycles.